The van der Waals surface area contributed by atoms with E-state index >= 15 is 0 Å². The molecule has 4 rings (SSSR count). The molecule has 3 aromatic rings. The maximum Gasteiger partial charge on any atom is 0.269 e. The quantitative estimate of drug-likeness (QED) is 0.602. The number of thiophene rings is 1. The molecule has 7 nitrogen and oxygen atoms in total. The van der Waals surface area contributed by atoms with E-state index in [4.69, 9.17) is 9.47 Å². The van der Waals surface area contributed by atoms with Gasteiger partial charge in [0.05, 0.1) is 4.53 Å². The minimum Gasteiger partial charge on any atom is -0.454 e. The number of aryl methyl sites for hydroxylation is 1. The van der Waals surface area contributed by atoms with E-state index < -0.39 is 5.41 Å². The van der Waals surface area contributed by atoms with Crippen molar-refractivity contribution in [3.63, 3.8) is 0 Å². The van der Waals surface area contributed by atoms with Crippen molar-refractivity contribution in [1.29, 1.82) is 0 Å². The molecule has 0 bridgehead atoms. The van der Waals surface area contributed by atoms with Crippen molar-refractivity contribution >= 4 is 52.2 Å². The summed E-state index contributed by atoms with van der Waals surface area (Å²) in [6.45, 7) is 7.36. The summed E-state index contributed by atoms with van der Waals surface area (Å²) in [6, 6.07) is 9.02. The van der Waals surface area contributed by atoms with Crippen LogP contribution in [0, 0.1) is 12.3 Å². The molecular formula is C24H24N2O5S2. The second-order valence-electron chi connectivity index (χ2n) is 8.66. The molecule has 0 saturated heterocycles. The molecule has 0 atom stereocenters. The molecule has 3 heterocycles. The lowest BCUT2D eigenvalue weighted by Gasteiger charge is -2.13. The summed E-state index contributed by atoms with van der Waals surface area (Å²) in [6.07, 6.45) is 3.26. The Balaban J connectivity index is 1.69. The first-order valence-electron chi connectivity index (χ1n) is 10.3. The first-order chi connectivity index (χ1) is 15.6. The molecule has 1 aliphatic rings. The number of ether oxygens (including phenoxy) is 2. The van der Waals surface area contributed by atoms with Crippen molar-refractivity contribution in [3.8, 4) is 11.5 Å². The van der Waals surface area contributed by atoms with E-state index in [9.17, 15) is 14.4 Å². The van der Waals surface area contributed by atoms with Gasteiger partial charge in [-0.05, 0) is 37.3 Å². The maximum absolute atomic E-state index is 13.2. The van der Waals surface area contributed by atoms with Gasteiger partial charge in [0, 0.05) is 33.0 Å². The summed E-state index contributed by atoms with van der Waals surface area (Å²) in [5, 5.41) is 2.78. The third kappa shape index (κ3) is 5.26. The second kappa shape index (κ2) is 8.99. The topological polar surface area (TPSA) is 86.6 Å². The van der Waals surface area contributed by atoms with Crippen LogP contribution in [0.15, 0.2) is 35.1 Å². The molecule has 0 aliphatic carbocycles. The van der Waals surface area contributed by atoms with Gasteiger partial charge in [-0.2, -0.15) is 0 Å². The number of Topliss-reactive ketones (excluding diaryl/α,β-unsaturated/α-hetero) is 1. The third-order valence-corrected chi connectivity index (χ3v) is 6.93. The van der Waals surface area contributed by atoms with Gasteiger partial charge in [0.1, 0.15) is 11.2 Å². The van der Waals surface area contributed by atoms with Crippen LogP contribution in [-0.2, 0) is 16.1 Å². The Bertz CT molecular complexity index is 1410. The fourth-order valence-electron chi connectivity index (χ4n) is 3.10. The number of aromatic nitrogens is 1. The molecule has 0 radical (unpaired) electrons. The van der Waals surface area contributed by atoms with E-state index in [0.29, 0.717) is 26.4 Å². The molecule has 0 spiro atoms. The number of nitrogens with zero attached hydrogens (tertiary/aromatic N) is 1. The van der Waals surface area contributed by atoms with Crippen molar-refractivity contribution in [2.24, 2.45) is 5.41 Å². The predicted molar refractivity (Wildman–Crippen MR) is 131 cm³/mol. The first kappa shape index (κ1) is 23.0. The van der Waals surface area contributed by atoms with E-state index in [1.165, 1.54) is 22.0 Å². The second-order valence-corrected chi connectivity index (χ2v) is 11.0. The van der Waals surface area contributed by atoms with Gasteiger partial charge < -0.3 is 14.8 Å². The Morgan fingerprint density at radius 1 is 1.12 bits per heavy atom. The van der Waals surface area contributed by atoms with Crippen LogP contribution in [0.25, 0.3) is 12.2 Å². The molecule has 9 heteroatoms. The van der Waals surface area contributed by atoms with E-state index in [-0.39, 0.29) is 30.6 Å². The zero-order chi connectivity index (χ0) is 23.8. The highest BCUT2D eigenvalue weighted by Crippen LogP contribution is 2.34. The van der Waals surface area contributed by atoms with Crippen LogP contribution >= 0.6 is 22.7 Å². The fourth-order valence-corrected chi connectivity index (χ4v) is 5.03. The van der Waals surface area contributed by atoms with Crippen molar-refractivity contribution < 1.29 is 19.1 Å². The minimum atomic E-state index is -0.603. The third-order valence-electron chi connectivity index (χ3n) is 4.92. The van der Waals surface area contributed by atoms with Gasteiger partial charge in [0.2, 0.25) is 12.7 Å². The van der Waals surface area contributed by atoms with E-state index in [1.54, 1.807) is 35.6 Å². The zero-order valence-electron chi connectivity index (χ0n) is 18.8. The normalized spacial score (nSPS) is 14.1. The van der Waals surface area contributed by atoms with Gasteiger partial charge in [-0.25, -0.2) is 0 Å². The van der Waals surface area contributed by atoms with Crippen LogP contribution in [0.4, 0.5) is 5.69 Å². The standard InChI is InChI=1S/C24H24N2O5S2/c1-14-5-7-16(32-14)10-19-23(29)26(22(33-19)11-20(27)24(2,3)4)12-21(28)25-15-6-8-17-18(9-15)31-13-30-17/h5-11H,12-13H2,1-4H3,(H,25,28)/b19-10-,22-11-. The van der Waals surface area contributed by atoms with Gasteiger partial charge in [0.15, 0.2) is 17.3 Å². The molecule has 33 heavy (non-hydrogen) atoms. The summed E-state index contributed by atoms with van der Waals surface area (Å²) in [5.74, 6) is 0.661. The van der Waals surface area contributed by atoms with Gasteiger partial charge in [0.25, 0.3) is 5.56 Å². The predicted octanol–water partition coefficient (Wildman–Crippen LogP) is 2.87. The van der Waals surface area contributed by atoms with Gasteiger partial charge >= 0.3 is 0 Å². The summed E-state index contributed by atoms with van der Waals surface area (Å²) >= 11 is 2.78. The van der Waals surface area contributed by atoms with Gasteiger partial charge in [-0.15, -0.1) is 22.7 Å². The molecule has 2 aromatic heterocycles. The number of rotatable bonds is 5. The van der Waals surface area contributed by atoms with Crippen molar-refractivity contribution in [2.75, 3.05) is 12.1 Å². The number of fused-ring (bicyclic) bond motifs is 1. The van der Waals surface area contributed by atoms with Crippen LogP contribution in [-0.4, -0.2) is 23.1 Å². The summed E-state index contributed by atoms with van der Waals surface area (Å²) in [4.78, 5) is 40.7. The highest BCUT2D eigenvalue weighted by atomic mass is 32.1. The number of amides is 1. The van der Waals surface area contributed by atoms with E-state index in [1.807, 2.05) is 39.8 Å². The largest absolute Gasteiger partial charge is 0.454 e. The first-order valence-corrected chi connectivity index (χ1v) is 12.0. The lowest BCUT2D eigenvalue weighted by molar-refractivity contribution is -0.120. The smallest absolute Gasteiger partial charge is 0.269 e. The van der Waals surface area contributed by atoms with E-state index in [2.05, 4.69) is 5.32 Å². The molecule has 1 aliphatic heterocycles. The minimum absolute atomic E-state index is 0.118. The van der Waals surface area contributed by atoms with Crippen molar-refractivity contribution in [1.82, 2.24) is 4.57 Å². The lowest BCUT2D eigenvalue weighted by atomic mass is 9.91. The van der Waals surface area contributed by atoms with Gasteiger partial charge in [-0.3, -0.25) is 19.0 Å². The van der Waals surface area contributed by atoms with Crippen LogP contribution in [0.5, 0.6) is 11.5 Å². The van der Waals surface area contributed by atoms with Gasteiger partial charge in [-0.1, -0.05) is 20.8 Å². The maximum atomic E-state index is 13.2. The molecule has 1 N–H and O–H groups in total. The molecule has 0 saturated carbocycles. The molecule has 1 amide bonds. The van der Waals surface area contributed by atoms with E-state index in [0.717, 1.165) is 9.75 Å². The number of carbonyl (C=O) groups is 2. The highest BCUT2D eigenvalue weighted by Gasteiger charge is 2.20. The molecule has 172 valence electrons. The SMILES string of the molecule is Cc1ccc(/C=c2\s/c(=C\C(=O)C(C)(C)C)n(CC(=O)Nc3ccc4c(c3)OCO4)c2=O)s1. The molecule has 1 aromatic carbocycles. The summed E-state index contributed by atoms with van der Waals surface area (Å²) in [7, 11) is 0. The Kier molecular flexibility index (Phi) is 6.27. The number of hydrogen-bond acceptors (Lipinski definition) is 7. The molecular weight excluding hydrogens is 460 g/mol. The number of ketones is 1. The van der Waals surface area contributed by atoms with Crippen LogP contribution in [0.2, 0.25) is 0 Å². The number of anilines is 1. The number of thiazole rings is 1. The number of hydrogen-bond donors (Lipinski definition) is 1. The number of nitrogens with one attached hydrogen (secondary N) is 1. The van der Waals surface area contributed by atoms with Crippen molar-refractivity contribution in [3.05, 3.63) is 59.6 Å². The summed E-state index contributed by atoms with van der Waals surface area (Å²) < 4.78 is 12.9. The Hall–Kier alpha value is -3.17. The average Bonchev–Trinajstić information content (AvgIpc) is 3.43. The highest BCUT2D eigenvalue weighted by molar-refractivity contribution is 7.13. The number of benzene rings is 1. The molecule has 0 fully saturated rings. The van der Waals surface area contributed by atoms with Crippen LogP contribution in [0.3, 0.4) is 0 Å². The Morgan fingerprint density at radius 2 is 1.88 bits per heavy atom. The Labute approximate surface area is 198 Å². The average molecular weight is 485 g/mol. The molecule has 0 unspecified atom stereocenters. The number of carbonyl (C=O) groups excluding carboxylic acids is 2. The fraction of sp³-hybridized carbons (Fsp3) is 0.292. The van der Waals surface area contributed by atoms with Crippen molar-refractivity contribution in [2.45, 2.75) is 34.2 Å². The monoisotopic (exact) mass is 484 g/mol. The van der Waals surface area contributed by atoms with Crippen LogP contribution < -0.4 is 29.5 Å². The van der Waals surface area contributed by atoms with Crippen LogP contribution in [0.1, 0.15) is 30.5 Å². The summed E-state index contributed by atoms with van der Waals surface area (Å²) in [5.41, 5.74) is -0.376. The zero-order valence-corrected chi connectivity index (χ0v) is 20.4. The Morgan fingerprint density at radius 3 is 2.58 bits per heavy atom. The lowest BCUT2D eigenvalue weighted by Crippen LogP contribution is -2.36.